The zero-order valence-electron chi connectivity index (χ0n) is 17.6. The van der Waals surface area contributed by atoms with Gasteiger partial charge in [-0.25, -0.2) is 0 Å². The summed E-state index contributed by atoms with van der Waals surface area (Å²) in [5.41, 5.74) is 0.676. The van der Waals surface area contributed by atoms with Crippen molar-refractivity contribution in [1.29, 1.82) is 0 Å². The Hall–Kier alpha value is -0.513. The largest absolute Gasteiger partial charge is 0.344 e. The first-order chi connectivity index (χ1) is 11.7. The van der Waals surface area contributed by atoms with E-state index in [1.165, 1.54) is 0 Å². The lowest BCUT2D eigenvalue weighted by Crippen LogP contribution is -2.60. The standard InChI is InChI=1S/C18H34N2O5Si/c1-15(2,3)26(8,9)20-19-14-13-12(23-17(6,7)24-13)10-21-18(14)11-22-16(4,5)25-18/h12-13,20H,10-11H2,1-9H3/b19-14-/t12-,13-,18-/m1/s1. The van der Waals surface area contributed by atoms with Crippen LogP contribution in [-0.4, -0.2) is 56.7 Å². The molecule has 1 spiro atoms. The molecule has 3 saturated heterocycles. The third-order valence-corrected chi connectivity index (χ3v) is 10.1. The average molecular weight is 387 g/mol. The van der Waals surface area contributed by atoms with Crippen LogP contribution in [0.5, 0.6) is 0 Å². The molecular formula is C18H34N2O5Si. The first kappa shape index (κ1) is 20.2. The summed E-state index contributed by atoms with van der Waals surface area (Å²) in [6.07, 6.45) is -0.531. The fourth-order valence-electron chi connectivity index (χ4n) is 3.14. The molecule has 0 aromatic heterocycles. The molecule has 1 N–H and O–H groups in total. The molecule has 7 nitrogen and oxygen atoms in total. The molecule has 3 rings (SSSR count). The maximum absolute atomic E-state index is 6.18. The van der Waals surface area contributed by atoms with Gasteiger partial charge in [-0.1, -0.05) is 20.8 Å². The molecule has 0 bridgehead atoms. The summed E-state index contributed by atoms with van der Waals surface area (Å²) in [7, 11) is -1.86. The van der Waals surface area contributed by atoms with Gasteiger partial charge in [0.2, 0.25) is 5.79 Å². The molecule has 3 heterocycles. The van der Waals surface area contributed by atoms with E-state index in [0.29, 0.717) is 12.3 Å². The van der Waals surface area contributed by atoms with Crippen LogP contribution >= 0.6 is 0 Å². The van der Waals surface area contributed by atoms with E-state index in [2.05, 4.69) is 39.0 Å². The summed E-state index contributed by atoms with van der Waals surface area (Å²) in [6.45, 7) is 19.5. The van der Waals surface area contributed by atoms with E-state index in [1.54, 1.807) is 0 Å². The second-order valence-corrected chi connectivity index (χ2v) is 14.9. The summed E-state index contributed by atoms with van der Waals surface area (Å²) in [5.74, 6) is -2.46. The number of nitrogens with one attached hydrogen (secondary N) is 1. The van der Waals surface area contributed by atoms with E-state index in [9.17, 15) is 0 Å². The number of hydrogen-bond acceptors (Lipinski definition) is 7. The summed E-state index contributed by atoms with van der Waals surface area (Å²) >= 11 is 0. The quantitative estimate of drug-likeness (QED) is 0.581. The van der Waals surface area contributed by atoms with Crippen LogP contribution < -0.4 is 5.09 Å². The fourth-order valence-corrected chi connectivity index (χ4v) is 3.87. The van der Waals surface area contributed by atoms with Crippen LogP contribution in [0.2, 0.25) is 18.1 Å². The SMILES string of the molecule is CC1(C)O[C@@H]2CO[C@@]3(COC(C)(C)O3)/C(=N\N[Si](C)(C)C(C)(C)C)[C@@H]2O1. The molecule has 0 radical (unpaired) electrons. The van der Waals surface area contributed by atoms with Crippen molar-refractivity contribution in [3.8, 4) is 0 Å². The van der Waals surface area contributed by atoms with Gasteiger partial charge in [-0.05, 0) is 45.8 Å². The number of hydrogen-bond donors (Lipinski definition) is 1. The molecule has 0 unspecified atom stereocenters. The lowest BCUT2D eigenvalue weighted by Gasteiger charge is -2.40. The molecule has 0 aliphatic carbocycles. The van der Waals surface area contributed by atoms with Gasteiger partial charge in [0.15, 0.2) is 19.8 Å². The molecule has 0 saturated carbocycles. The third-order valence-electron chi connectivity index (χ3n) is 5.68. The molecule has 0 aromatic carbocycles. The minimum Gasteiger partial charge on any atom is -0.344 e. The number of nitrogens with zero attached hydrogens (tertiary/aromatic N) is 1. The lowest BCUT2D eigenvalue weighted by atomic mass is 9.98. The summed E-state index contributed by atoms with van der Waals surface area (Å²) < 4.78 is 30.3. The van der Waals surface area contributed by atoms with Crippen molar-refractivity contribution in [1.82, 2.24) is 5.09 Å². The Balaban J connectivity index is 1.95. The normalized spacial score (nSPS) is 38.0. The van der Waals surface area contributed by atoms with Gasteiger partial charge in [0.25, 0.3) is 0 Å². The smallest absolute Gasteiger partial charge is 0.239 e. The van der Waals surface area contributed by atoms with Gasteiger partial charge in [-0.2, -0.15) is 5.10 Å². The van der Waals surface area contributed by atoms with E-state index >= 15 is 0 Å². The van der Waals surface area contributed by atoms with Crippen LogP contribution in [0.3, 0.4) is 0 Å². The molecule has 3 atom stereocenters. The molecule has 0 amide bonds. The third kappa shape index (κ3) is 3.59. The molecule has 150 valence electrons. The van der Waals surface area contributed by atoms with Crippen molar-refractivity contribution in [2.75, 3.05) is 13.2 Å². The topological polar surface area (TPSA) is 70.5 Å². The zero-order chi connectivity index (χ0) is 19.6. The van der Waals surface area contributed by atoms with Crippen molar-refractivity contribution in [3.05, 3.63) is 0 Å². The van der Waals surface area contributed by atoms with E-state index in [1.807, 2.05) is 27.7 Å². The molecule has 3 aliphatic rings. The van der Waals surface area contributed by atoms with Crippen molar-refractivity contribution < 1.29 is 23.7 Å². The highest BCUT2D eigenvalue weighted by Crippen LogP contribution is 2.42. The average Bonchev–Trinajstić information content (AvgIpc) is 2.92. The summed E-state index contributed by atoms with van der Waals surface area (Å²) in [4.78, 5) is 0. The van der Waals surface area contributed by atoms with Crippen LogP contribution in [0.25, 0.3) is 0 Å². The van der Waals surface area contributed by atoms with Crippen molar-refractivity contribution >= 4 is 13.9 Å². The number of rotatable bonds is 2. The predicted molar refractivity (Wildman–Crippen MR) is 101 cm³/mol. The second kappa shape index (κ2) is 5.99. The minimum atomic E-state index is -1.86. The van der Waals surface area contributed by atoms with Gasteiger partial charge in [-0.3, -0.25) is 0 Å². The Bertz CT molecular complexity index is 597. The summed E-state index contributed by atoms with van der Waals surface area (Å²) in [6, 6.07) is 0. The Morgan fingerprint density at radius 2 is 1.69 bits per heavy atom. The van der Waals surface area contributed by atoms with Crippen LogP contribution in [0.1, 0.15) is 48.5 Å². The van der Waals surface area contributed by atoms with Crippen LogP contribution in [0.15, 0.2) is 5.10 Å². The second-order valence-electron chi connectivity index (χ2n) is 9.93. The zero-order valence-corrected chi connectivity index (χ0v) is 18.6. The minimum absolute atomic E-state index is 0.137. The van der Waals surface area contributed by atoms with E-state index in [0.717, 1.165) is 0 Å². The van der Waals surface area contributed by atoms with Gasteiger partial charge in [0.05, 0.1) is 6.61 Å². The number of fused-ring (bicyclic) bond motifs is 1. The Kier molecular flexibility index (Phi) is 4.66. The van der Waals surface area contributed by atoms with Gasteiger partial charge in [-0.15, -0.1) is 0 Å². The Labute approximate surface area is 157 Å². The lowest BCUT2D eigenvalue weighted by molar-refractivity contribution is -0.236. The van der Waals surface area contributed by atoms with Crippen molar-refractivity contribution in [3.63, 3.8) is 0 Å². The van der Waals surface area contributed by atoms with Gasteiger partial charge < -0.3 is 28.8 Å². The molecule has 8 heteroatoms. The van der Waals surface area contributed by atoms with E-state index in [4.69, 9.17) is 28.8 Å². The van der Waals surface area contributed by atoms with Gasteiger partial charge in [0, 0.05) is 0 Å². The summed E-state index contributed by atoms with van der Waals surface area (Å²) in [5, 5.41) is 8.42. The first-order valence-corrected chi connectivity index (χ1v) is 12.4. The Morgan fingerprint density at radius 3 is 2.23 bits per heavy atom. The molecule has 3 fully saturated rings. The molecule has 0 aromatic rings. The highest BCUT2D eigenvalue weighted by atomic mass is 28.3. The van der Waals surface area contributed by atoms with Crippen molar-refractivity contribution in [2.45, 2.75) is 96.2 Å². The van der Waals surface area contributed by atoms with Crippen LogP contribution in [0.4, 0.5) is 0 Å². The van der Waals surface area contributed by atoms with Crippen molar-refractivity contribution in [2.24, 2.45) is 5.10 Å². The van der Waals surface area contributed by atoms with E-state index in [-0.39, 0.29) is 23.9 Å². The molecule has 3 aliphatic heterocycles. The van der Waals surface area contributed by atoms with Gasteiger partial charge >= 0.3 is 0 Å². The van der Waals surface area contributed by atoms with Gasteiger partial charge in [0.1, 0.15) is 24.5 Å². The predicted octanol–water partition coefficient (Wildman–Crippen LogP) is 2.97. The fraction of sp³-hybridized carbons (Fsp3) is 0.944. The number of hydrazone groups is 1. The highest BCUT2D eigenvalue weighted by Gasteiger charge is 2.61. The van der Waals surface area contributed by atoms with E-state index < -0.39 is 25.6 Å². The highest BCUT2D eigenvalue weighted by molar-refractivity contribution is 6.77. The maximum Gasteiger partial charge on any atom is 0.239 e. The number of ether oxygens (including phenoxy) is 5. The molecular weight excluding hydrogens is 352 g/mol. The van der Waals surface area contributed by atoms with Crippen LogP contribution in [0, 0.1) is 0 Å². The maximum atomic E-state index is 6.18. The molecule has 26 heavy (non-hydrogen) atoms. The monoisotopic (exact) mass is 386 g/mol. The Morgan fingerprint density at radius 1 is 1.04 bits per heavy atom. The van der Waals surface area contributed by atoms with Crippen LogP contribution in [-0.2, 0) is 23.7 Å². The first-order valence-electron chi connectivity index (χ1n) is 9.35.